The summed E-state index contributed by atoms with van der Waals surface area (Å²) in [5, 5.41) is 0.268. The molecule has 198 valence electrons. The number of ether oxygens (including phenoxy) is 1. The van der Waals surface area contributed by atoms with Gasteiger partial charge in [0.2, 0.25) is 5.91 Å². The number of nitrogens with zero attached hydrogens (tertiary/aromatic N) is 6. The second-order valence-electron chi connectivity index (χ2n) is 9.90. The molecular formula is C27H29FN6O3S. The first kappa shape index (κ1) is 26.0. The fraction of sp³-hybridized carbons (Fsp3) is 0.444. The van der Waals surface area contributed by atoms with Crippen LogP contribution in [0.4, 0.5) is 21.6 Å². The van der Waals surface area contributed by atoms with Gasteiger partial charge in [-0.15, -0.1) is 4.98 Å². The van der Waals surface area contributed by atoms with Crippen molar-refractivity contribution < 1.29 is 18.7 Å². The van der Waals surface area contributed by atoms with Crippen LogP contribution in [0.25, 0.3) is 4.85 Å². The molecule has 0 radical (unpaired) electrons. The summed E-state index contributed by atoms with van der Waals surface area (Å²) in [6.07, 6.45) is 3.59. The minimum atomic E-state index is -0.847. The van der Waals surface area contributed by atoms with Crippen LogP contribution >= 0.6 is 12.2 Å². The molecule has 0 atom stereocenters. The molecule has 3 heterocycles. The monoisotopic (exact) mass is 536 g/mol. The van der Waals surface area contributed by atoms with E-state index in [1.807, 2.05) is 4.90 Å². The summed E-state index contributed by atoms with van der Waals surface area (Å²) < 4.78 is 20.9. The molecule has 2 amide bonds. The number of carbonyl (C=O) groups excluding carboxylic acids is 2. The van der Waals surface area contributed by atoms with Gasteiger partial charge >= 0.3 is 0 Å². The molecule has 2 aromatic rings. The van der Waals surface area contributed by atoms with E-state index in [-0.39, 0.29) is 28.5 Å². The number of thiocarbonyl (C=S) groups is 1. The molecule has 38 heavy (non-hydrogen) atoms. The van der Waals surface area contributed by atoms with E-state index < -0.39 is 11.4 Å². The molecule has 2 aliphatic heterocycles. The Hall–Kier alpha value is -3.62. The van der Waals surface area contributed by atoms with Crippen molar-refractivity contribution in [2.75, 3.05) is 49.1 Å². The van der Waals surface area contributed by atoms with Gasteiger partial charge in [0.1, 0.15) is 18.3 Å². The largest absolute Gasteiger partial charge is 0.489 e. The van der Waals surface area contributed by atoms with Crippen LogP contribution in [0.1, 0.15) is 31.7 Å². The van der Waals surface area contributed by atoms with E-state index in [2.05, 4.69) is 14.7 Å². The van der Waals surface area contributed by atoms with Gasteiger partial charge in [-0.1, -0.05) is 6.57 Å². The van der Waals surface area contributed by atoms with Gasteiger partial charge in [0.15, 0.2) is 16.7 Å². The quantitative estimate of drug-likeness (QED) is 0.412. The lowest BCUT2D eigenvalue weighted by atomic mass is 9.75. The van der Waals surface area contributed by atoms with Crippen LogP contribution in [0.3, 0.4) is 0 Å². The van der Waals surface area contributed by atoms with Crippen molar-refractivity contribution in [3.63, 3.8) is 0 Å². The Balaban J connectivity index is 1.30. The second kappa shape index (κ2) is 10.3. The Morgan fingerprint density at radius 3 is 2.53 bits per heavy atom. The van der Waals surface area contributed by atoms with Gasteiger partial charge < -0.3 is 19.4 Å². The summed E-state index contributed by atoms with van der Waals surface area (Å²) in [5.41, 5.74) is 0.809. The maximum absolute atomic E-state index is 15.2. The third-order valence-electron chi connectivity index (χ3n) is 7.65. The van der Waals surface area contributed by atoms with Crippen LogP contribution in [-0.2, 0) is 9.59 Å². The number of anilines is 2. The zero-order chi connectivity index (χ0) is 27.0. The smallest absolute Gasteiger partial charge is 0.272 e. The van der Waals surface area contributed by atoms with Crippen LogP contribution in [-0.4, -0.2) is 76.6 Å². The van der Waals surface area contributed by atoms with E-state index in [9.17, 15) is 9.59 Å². The topological polar surface area (TPSA) is 73.6 Å². The fourth-order valence-electron chi connectivity index (χ4n) is 5.32. The number of benzene rings is 1. The number of hydrogen-bond acceptors (Lipinski definition) is 6. The number of piperazine rings is 1. The average molecular weight is 537 g/mol. The minimum Gasteiger partial charge on any atom is -0.489 e. The molecule has 9 nitrogen and oxygen atoms in total. The number of halogens is 1. The van der Waals surface area contributed by atoms with Gasteiger partial charge in [0.05, 0.1) is 5.69 Å². The number of hydrogen-bond donors (Lipinski definition) is 0. The van der Waals surface area contributed by atoms with Crippen LogP contribution in [0.2, 0.25) is 0 Å². The summed E-state index contributed by atoms with van der Waals surface area (Å²) in [5.74, 6) is -0.180. The van der Waals surface area contributed by atoms with Gasteiger partial charge in [-0.25, -0.2) is 4.39 Å². The Kier molecular flexibility index (Phi) is 7.03. The number of amides is 2. The number of rotatable bonds is 6. The molecule has 0 unspecified atom stereocenters. The summed E-state index contributed by atoms with van der Waals surface area (Å²) in [6.45, 7) is 14.4. The molecule has 5 rings (SSSR count). The minimum absolute atomic E-state index is 0.0822. The van der Waals surface area contributed by atoms with Crippen molar-refractivity contribution in [3.05, 3.63) is 53.3 Å². The Bertz CT molecular complexity index is 1330. The van der Waals surface area contributed by atoms with E-state index in [4.69, 9.17) is 23.5 Å². The normalized spacial score (nSPS) is 19.1. The zero-order valence-corrected chi connectivity index (χ0v) is 22.3. The molecule has 1 spiro atoms. The van der Waals surface area contributed by atoms with E-state index in [0.717, 1.165) is 19.5 Å². The maximum atomic E-state index is 15.2. The van der Waals surface area contributed by atoms with Gasteiger partial charge in [-0.05, 0) is 62.2 Å². The summed E-state index contributed by atoms with van der Waals surface area (Å²) in [6, 6.07) is 6.42. The van der Waals surface area contributed by atoms with Crippen LogP contribution in [0, 0.1) is 19.3 Å². The van der Waals surface area contributed by atoms with Gasteiger partial charge in [-0.2, -0.15) is 0 Å². The predicted octanol–water partition coefficient (Wildman–Crippen LogP) is 3.68. The van der Waals surface area contributed by atoms with Crippen molar-refractivity contribution >= 4 is 46.3 Å². The SMILES string of the molecule is [C-]#[N+]c1ncc(N2C(=O)C3(CCC3)N(c3ccc(OCCN4CCN(C(C)=O)CC4)c(F)c3)C2=S)cc1C. The van der Waals surface area contributed by atoms with Crippen LogP contribution < -0.4 is 14.5 Å². The third kappa shape index (κ3) is 4.48. The molecule has 1 saturated carbocycles. The van der Waals surface area contributed by atoms with E-state index in [1.54, 1.807) is 36.9 Å². The molecule has 0 N–H and O–H groups in total. The Morgan fingerprint density at radius 1 is 1.21 bits per heavy atom. The first-order chi connectivity index (χ1) is 18.2. The van der Waals surface area contributed by atoms with Gasteiger partial charge in [0, 0.05) is 51.4 Å². The standard InChI is InChI=1S/C27H29FN6O3S/c1-18-15-21(17-30-24(18)29-3)33-25(36)27(7-4-8-27)34(26(33)38)20-5-6-23(22(28)16-20)37-14-13-31-9-11-32(12-10-31)19(2)35/h5-6,15-17H,4,7-14H2,1-2H3. The number of aromatic nitrogens is 1. The third-order valence-corrected chi connectivity index (χ3v) is 8.01. The highest BCUT2D eigenvalue weighted by Crippen LogP contribution is 2.48. The Morgan fingerprint density at radius 2 is 1.95 bits per heavy atom. The summed E-state index contributed by atoms with van der Waals surface area (Å²) in [4.78, 5) is 39.9. The lowest BCUT2D eigenvalue weighted by Crippen LogP contribution is -2.55. The van der Waals surface area contributed by atoms with Crippen LogP contribution in [0.15, 0.2) is 30.5 Å². The lowest BCUT2D eigenvalue weighted by molar-refractivity contribution is -0.130. The maximum Gasteiger partial charge on any atom is 0.272 e. The molecule has 11 heteroatoms. The first-order valence-corrected chi connectivity index (χ1v) is 13.1. The van der Waals surface area contributed by atoms with E-state index in [1.165, 1.54) is 17.2 Å². The molecule has 1 aromatic carbocycles. The molecular weight excluding hydrogens is 507 g/mol. The molecule has 3 aliphatic rings. The molecule has 0 bridgehead atoms. The molecule has 1 aliphatic carbocycles. The number of pyridine rings is 1. The second-order valence-corrected chi connectivity index (χ2v) is 10.3. The van der Waals surface area contributed by atoms with Crippen molar-refractivity contribution in [1.82, 2.24) is 14.8 Å². The zero-order valence-electron chi connectivity index (χ0n) is 21.4. The summed E-state index contributed by atoms with van der Waals surface area (Å²) in [7, 11) is 0. The van der Waals surface area contributed by atoms with Crippen molar-refractivity contribution in [1.29, 1.82) is 0 Å². The molecule has 2 saturated heterocycles. The Labute approximate surface area is 226 Å². The number of carbonyl (C=O) groups is 2. The average Bonchev–Trinajstić information content (AvgIpc) is 3.11. The van der Waals surface area contributed by atoms with Crippen LogP contribution in [0.5, 0.6) is 5.75 Å². The predicted molar refractivity (Wildman–Crippen MR) is 145 cm³/mol. The highest BCUT2D eigenvalue weighted by Gasteiger charge is 2.59. The summed E-state index contributed by atoms with van der Waals surface area (Å²) >= 11 is 5.76. The van der Waals surface area contributed by atoms with Crippen molar-refractivity contribution in [2.45, 2.75) is 38.6 Å². The highest BCUT2D eigenvalue weighted by atomic mass is 32.1. The number of aryl methyl sites for hydroxylation is 1. The first-order valence-electron chi connectivity index (χ1n) is 12.7. The molecule has 3 fully saturated rings. The van der Waals surface area contributed by atoms with E-state index in [0.29, 0.717) is 56.0 Å². The fourth-order valence-corrected chi connectivity index (χ4v) is 5.79. The van der Waals surface area contributed by atoms with E-state index >= 15 is 4.39 Å². The highest BCUT2D eigenvalue weighted by molar-refractivity contribution is 7.81. The lowest BCUT2D eigenvalue weighted by Gasteiger charge is -2.43. The van der Waals surface area contributed by atoms with Crippen molar-refractivity contribution in [2.24, 2.45) is 0 Å². The van der Waals surface area contributed by atoms with Gasteiger partial charge in [0.25, 0.3) is 11.7 Å². The van der Waals surface area contributed by atoms with Crippen molar-refractivity contribution in [3.8, 4) is 5.75 Å². The van der Waals surface area contributed by atoms with Gasteiger partial charge in [-0.3, -0.25) is 19.4 Å². The molecule has 1 aromatic heterocycles.